The first-order valence-corrected chi connectivity index (χ1v) is 7.83. The van der Waals surface area contributed by atoms with Crippen molar-refractivity contribution in [1.29, 1.82) is 0 Å². The molecule has 0 aromatic carbocycles. The molecule has 1 rings (SSSR count). The van der Waals surface area contributed by atoms with Gasteiger partial charge in [-0.05, 0) is 6.08 Å². The Morgan fingerprint density at radius 2 is 2.04 bits per heavy atom. The van der Waals surface area contributed by atoms with E-state index in [1.165, 1.54) is 13.0 Å². The third kappa shape index (κ3) is 6.15. The lowest BCUT2D eigenvalue weighted by atomic mass is 9.90. The van der Waals surface area contributed by atoms with E-state index in [0.29, 0.717) is 0 Å². The Morgan fingerprint density at radius 3 is 2.50 bits per heavy atom. The molecule has 5 atom stereocenters. The molecule has 0 aromatic rings. The summed E-state index contributed by atoms with van der Waals surface area (Å²) in [6, 6.07) is -2.67. The van der Waals surface area contributed by atoms with E-state index < -0.39 is 60.9 Å². The second-order valence-electron chi connectivity index (χ2n) is 5.72. The van der Waals surface area contributed by atoms with Crippen LogP contribution in [0.25, 0.3) is 0 Å². The lowest BCUT2D eigenvalue weighted by Gasteiger charge is -2.42. The number of aliphatic hydroxyl groups excluding tert-OH is 2. The van der Waals surface area contributed by atoms with Crippen molar-refractivity contribution in [1.82, 2.24) is 21.4 Å². The van der Waals surface area contributed by atoms with Gasteiger partial charge in [-0.25, -0.2) is 10.2 Å². The summed E-state index contributed by atoms with van der Waals surface area (Å²) in [6.07, 6.45) is -2.23. The van der Waals surface area contributed by atoms with Crippen LogP contribution in [0.5, 0.6) is 0 Å². The Bertz CT molecular complexity index is 517. The molecule has 13 heteroatoms. The van der Waals surface area contributed by atoms with Gasteiger partial charge in [-0.3, -0.25) is 21.3 Å². The number of nitrogens with one attached hydrogen (secondary N) is 4. The molecule has 1 aliphatic rings. The van der Waals surface area contributed by atoms with Crippen LogP contribution in [0.2, 0.25) is 0 Å². The van der Waals surface area contributed by atoms with Gasteiger partial charge < -0.3 is 36.8 Å². The molecule has 13 N–H and O–H groups in total. The molecule has 1 amide bonds. The van der Waals surface area contributed by atoms with Crippen molar-refractivity contribution in [2.75, 3.05) is 13.3 Å². The Hall–Kier alpha value is -1.84. The zero-order valence-electron chi connectivity index (χ0n) is 14.3. The Morgan fingerprint density at radius 1 is 1.38 bits per heavy atom. The van der Waals surface area contributed by atoms with Crippen molar-refractivity contribution in [2.45, 2.75) is 43.5 Å². The van der Waals surface area contributed by atoms with Crippen molar-refractivity contribution in [3.63, 3.8) is 0 Å². The Kier molecular flexibility index (Phi) is 8.83. The molecule has 0 fully saturated rings. The van der Waals surface area contributed by atoms with Crippen LogP contribution in [-0.2, 0) is 14.3 Å². The van der Waals surface area contributed by atoms with E-state index in [0.717, 1.165) is 0 Å². The fraction of sp³-hybridized carbons (Fsp3) is 0.692. The highest BCUT2D eigenvalue weighted by Gasteiger charge is 2.44. The van der Waals surface area contributed by atoms with Crippen molar-refractivity contribution >= 4 is 11.9 Å². The number of hydrazine groups is 1. The number of carbonyl (C=O) groups is 2. The molecule has 0 aromatic heterocycles. The summed E-state index contributed by atoms with van der Waals surface area (Å²) >= 11 is 0. The maximum Gasteiger partial charge on any atom is 0.370 e. The number of hydrogen-bond donors (Lipinski definition) is 10. The molecular formula is C13H27N7O6. The lowest BCUT2D eigenvalue weighted by molar-refractivity contribution is -0.140. The number of carboxylic acid groups (broad SMARTS) is 1. The monoisotopic (exact) mass is 377 g/mol. The van der Waals surface area contributed by atoms with Crippen LogP contribution in [0.15, 0.2) is 11.8 Å². The number of rotatable bonds is 10. The molecule has 0 saturated heterocycles. The van der Waals surface area contributed by atoms with E-state index in [4.69, 9.17) is 22.0 Å². The second-order valence-corrected chi connectivity index (χ2v) is 5.72. The van der Waals surface area contributed by atoms with Gasteiger partial charge in [0.05, 0.1) is 37.5 Å². The average molecular weight is 377 g/mol. The molecule has 0 spiro atoms. The number of aliphatic hydroxyl groups is 2. The first kappa shape index (κ1) is 22.2. The first-order valence-electron chi connectivity index (χ1n) is 7.83. The molecule has 0 saturated carbocycles. The third-order valence-electron chi connectivity index (χ3n) is 3.70. The van der Waals surface area contributed by atoms with Crippen LogP contribution in [0.3, 0.4) is 0 Å². The molecule has 13 nitrogen and oxygen atoms in total. The lowest BCUT2D eigenvalue weighted by Crippen LogP contribution is -2.68. The molecular weight excluding hydrogens is 350 g/mol. The van der Waals surface area contributed by atoms with Crippen LogP contribution in [0, 0.1) is 0 Å². The number of carbonyl (C=O) groups excluding carboxylic acids is 1. The molecule has 0 radical (unpaired) electrons. The fourth-order valence-corrected chi connectivity index (χ4v) is 2.69. The largest absolute Gasteiger partial charge is 0.479 e. The maximum absolute atomic E-state index is 11.6. The van der Waals surface area contributed by atoms with Crippen LogP contribution < -0.4 is 38.7 Å². The number of nitrogens with two attached hydrogens (primary N) is 3. The van der Waals surface area contributed by atoms with Crippen LogP contribution in [0.1, 0.15) is 6.92 Å². The number of carboxylic acids is 1. The van der Waals surface area contributed by atoms with Gasteiger partial charge in [0.2, 0.25) is 11.7 Å². The van der Waals surface area contributed by atoms with Crippen molar-refractivity contribution in [2.24, 2.45) is 17.3 Å². The van der Waals surface area contributed by atoms with Gasteiger partial charge >= 0.3 is 5.97 Å². The topological polar surface area (TPSA) is 230 Å². The SMILES string of the molecule is CC(=O)NC1C(NC(N)N)C=C(C(=O)O)OC1C(NCNN)C(O)CO. The third-order valence-corrected chi connectivity index (χ3v) is 3.70. The summed E-state index contributed by atoms with van der Waals surface area (Å²) in [4.78, 5) is 23.0. The number of amides is 1. The van der Waals surface area contributed by atoms with Crippen LogP contribution in [-0.4, -0.2) is 77.1 Å². The van der Waals surface area contributed by atoms with Crippen molar-refractivity contribution in [3.8, 4) is 0 Å². The summed E-state index contributed by atoms with van der Waals surface area (Å²) in [5.74, 6) is 3.00. The normalized spacial score (nSPS) is 25.2. The van der Waals surface area contributed by atoms with Crippen LogP contribution in [0.4, 0.5) is 0 Å². The van der Waals surface area contributed by atoms with E-state index in [2.05, 4.69) is 21.4 Å². The van der Waals surface area contributed by atoms with Gasteiger partial charge in [0.15, 0.2) is 0 Å². The minimum atomic E-state index is -1.36. The summed E-state index contributed by atoms with van der Waals surface area (Å²) in [7, 11) is 0. The van der Waals surface area contributed by atoms with Gasteiger partial charge in [0.25, 0.3) is 0 Å². The first-order chi connectivity index (χ1) is 12.2. The fourth-order valence-electron chi connectivity index (χ4n) is 2.69. The smallest absolute Gasteiger partial charge is 0.370 e. The zero-order chi connectivity index (χ0) is 19.9. The number of aliphatic carboxylic acids is 1. The quantitative estimate of drug-likeness (QED) is 0.0977. The van der Waals surface area contributed by atoms with Crippen molar-refractivity contribution in [3.05, 3.63) is 11.8 Å². The van der Waals surface area contributed by atoms with E-state index in [1.807, 2.05) is 0 Å². The number of hydrogen-bond acceptors (Lipinski definition) is 11. The molecule has 150 valence electrons. The highest BCUT2D eigenvalue weighted by molar-refractivity contribution is 5.84. The van der Waals surface area contributed by atoms with Gasteiger partial charge in [0, 0.05) is 6.92 Å². The van der Waals surface area contributed by atoms with E-state index >= 15 is 0 Å². The minimum absolute atomic E-state index is 0.00892. The number of ether oxygens (including phenoxy) is 1. The van der Waals surface area contributed by atoms with E-state index in [-0.39, 0.29) is 6.67 Å². The van der Waals surface area contributed by atoms with Gasteiger partial charge in [-0.2, -0.15) is 0 Å². The maximum atomic E-state index is 11.6. The molecule has 0 bridgehead atoms. The molecule has 5 unspecified atom stereocenters. The molecule has 1 aliphatic heterocycles. The highest BCUT2D eigenvalue weighted by Crippen LogP contribution is 2.23. The molecule has 26 heavy (non-hydrogen) atoms. The standard InChI is InChI=1S/C13H27N7O6/c1-5(22)19-9-6(20-13(14)15)2-8(12(24)25)26-11(9)10(7(23)3-21)17-4-18-16/h2,6-7,9-11,13,17-18,20-21,23H,3-4,14-16H2,1H3,(H,19,22)(H,24,25). The summed E-state index contributed by atoms with van der Waals surface area (Å²) in [5.41, 5.74) is 13.4. The molecule has 0 aliphatic carbocycles. The zero-order valence-corrected chi connectivity index (χ0v) is 14.3. The average Bonchev–Trinajstić information content (AvgIpc) is 2.55. The van der Waals surface area contributed by atoms with E-state index in [1.54, 1.807) is 0 Å². The Labute approximate surface area is 149 Å². The molecule has 1 heterocycles. The van der Waals surface area contributed by atoms with Gasteiger partial charge in [-0.1, -0.05) is 0 Å². The summed E-state index contributed by atoms with van der Waals surface area (Å²) in [5, 5.41) is 36.9. The van der Waals surface area contributed by atoms with E-state index in [9.17, 15) is 24.9 Å². The predicted octanol–water partition coefficient (Wildman–Crippen LogP) is -5.25. The predicted molar refractivity (Wildman–Crippen MR) is 89.5 cm³/mol. The Balaban J connectivity index is 3.28. The van der Waals surface area contributed by atoms with Crippen LogP contribution >= 0.6 is 0 Å². The minimum Gasteiger partial charge on any atom is -0.479 e. The second kappa shape index (κ2) is 10.3. The highest BCUT2D eigenvalue weighted by atomic mass is 16.5. The van der Waals surface area contributed by atoms with Gasteiger partial charge in [0.1, 0.15) is 12.4 Å². The van der Waals surface area contributed by atoms with Crippen molar-refractivity contribution < 1.29 is 29.6 Å². The summed E-state index contributed by atoms with van der Waals surface area (Å²) < 4.78 is 5.48. The van der Waals surface area contributed by atoms with Gasteiger partial charge in [-0.15, -0.1) is 0 Å². The summed E-state index contributed by atoms with van der Waals surface area (Å²) in [6.45, 7) is 0.629.